The van der Waals surface area contributed by atoms with Gasteiger partial charge in [0.15, 0.2) is 5.65 Å². The summed E-state index contributed by atoms with van der Waals surface area (Å²) in [5.41, 5.74) is 2.11. The Morgan fingerprint density at radius 1 is 1.21 bits per heavy atom. The van der Waals surface area contributed by atoms with Crippen molar-refractivity contribution in [2.24, 2.45) is 0 Å². The molecule has 0 saturated carbocycles. The number of rotatable bonds is 4. The molecule has 3 heterocycles. The fraction of sp³-hybridized carbons (Fsp3) is 0.0714. The largest absolute Gasteiger partial charge is 0.229 e. The fourth-order valence-electron chi connectivity index (χ4n) is 2.13. The van der Waals surface area contributed by atoms with Gasteiger partial charge in [-0.25, -0.2) is 19.0 Å². The first-order valence-electron chi connectivity index (χ1n) is 6.76. The Morgan fingerprint density at radius 2 is 2.04 bits per heavy atom. The van der Waals surface area contributed by atoms with Crippen molar-refractivity contribution in [3.63, 3.8) is 0 Å². The highest BCUT2D eigenvalue weighted by molar-refractivity contribution is 7.98. The Labute approximate surface area is 148 Å². The van der Waals surface area contributed by atoms with Crippen LogP contribution in [0.25, 0.3) is 16.7 Å². The van der Waals surface area contributed by atoms with Crippen molar-refractivity contribution in [3.05, 3.63) is 52.6 Å². The van der Waals surface area contributed by atoms with Gasteiger partial charge in [0.1, 0.15) is 27.2 Å². The second kappa shape index (κ2) is 6.42. The first kappa shape index (κ1) is 15.4. The van der Waals surface area contributed by atoms with E-state index >= 15 is 0 Å². The zero-order chi connectivity index (χ0) is 16.5. The van der Waals surface area contributed by atoms with E-state index in [1.165, 1.54) is 30.2 Å². The molecule has 4 rings (SSSR count). The van der Waals surface area contributed by atoms with Crippen LogP contribution in [-0.4, -0.2) is 29.3 Å². The molecule has 6 nitrogen and oxygen atoms in total. The summed E-state index contributed by atoms with van der Waals surface area (Å²) < 4.78 is 19.1. The monoisotopic (exact) mass is 378 g/mol. The first-order valence-corrected chi connectivity index (χ1v) is 8.90. The normalized spacial score (nSPS) is 11.2. The van der Waals surface area contributed by atoms with E-state index in [1.54, 1.807) is 23.0 Å². The van der Waals surface area contributed by atoms with Gasteiger partial charge in [-0.15, -0.1) is 5.10 Å². The molecule has 3 aromatic heterocycles. The maximum absolute atomic E-state index is 13.1. The Bertz CT molecular complexity index is 1000. The lowest BCUT2D eigenvalue weighted by atomic mass is 10.3. The highest BCUT2D eigenvalue weighted by atomic mass is 35.5. The Balaban J connectivity index is 1.68. The van der Waals surface area contributed by atoms with E-state index in [9.17, 15) is 4.39 Å². The van der Waals surface area contributed by atoms with Gasteiger partial charge < -0.3 is 0 Å². The second-order valence-electron chi connectivity index (χ2n) is 4.73. The minimum atomic E-state index is -0.296. The number of fused-ring (bicyclic) bond motifs is 1. The molecule has 0 atom stereocenters. The molecule has 1 aromatic carbocycles. The predicted octanol–water partition coefficient (Wildman–Crippen LogP) is 3.75. The van der Waals surface area contributed by atoms with Crippen LogP contribution in [0.5, 0.6) is 0 Å². The number of benzene rings is 1. The van der Waals surface area contributed by atoms with Crippen LogP contribution >= 0.6 is 34.9 Å². The van der Waals surface area contributed by atoms with Gasteiger partial charge in [-0.05, 0) is 24.3 Å². The van der Waals surface area contributed by atoms with Gasteiger partial charge in [0, 0.05) is 17.3 Å². The fourth-order valence-corrected chi connectivity index (χ4v) is 3.82. The molecule has 24 heavy (non-hydrogen) atoms. The molecular weight excluding hydrogens is 371 g/mol. The van der Waals surface area contributed by atoms with E-state index in [1.807, 2.05) is 0 Å². The molecule has 0 fully saturated rings. The molecule has 0 N–H and O–H groups in total. The highest BCUT2D eigenvalue weighted by Crippen LogP contribution is 2.30. The molecule has 0 aliphatic heterocycles. The van der Waals surface area contributed by atoms with Crippen LogP contribution in [-0.2, 0) is 5.75 Å². The second-order valence-corrected chi connectivity index (χ2v) is 7.05. The molecule has 0 aliphatic carbocycles. The zero-order valence-electron chi connectivity index (χ0n) is 11.9. The minimum Gasteiger partial charge on any atom is -0.229 e. The van der Waals surface area contributed by atoms with E-state index in [4.69, 9.17) is 11.6 Å². The Hall–Kier alpha value is -2.10. The number of hydrogen-bond acceptors (Lipinski definition) is 7. The van der Waals surface area contributed by atoms with Gasteiger partial charge in [0.25, 0.3) is 0 Å². The third-order valence-electron chi connectivity index (χ3n) is 3.26. The molecule has 0 amide bonds. The summed E-state index contributed by atoms with van der Waals surface area (Å²) in [5, 5.41) is 9.92. The number of thioether (sulfide) groups is 1. The summed E-state index contributed by atoms with van der Waals surface area (Å²) >= 11 is 8.67. The zero-order valence-corrected chi connectivity index (χ0v) is 14.3. The van der Waals surface area contributed by atoms with Crippen molar-refractivity contribution in [2.75, 3.05) is 0 Å². The van der Waals surface area contributed by atoms with E-state index in [0.29, 0.717) is 15.7 Å². The van der Waals surface area contributed by atoms with Crippen molar-refractivity contribution >= 4 is 45.9 Å². The van der Waals surface area contributed by atoms with Gasteiger partial charge in [0.05, 0.1) is 17.3 Å². The SMILES string of the molecule is Fc1ccc(-n2ncc3c(SCc4nnsc4Cl)ncnc32)cc1. The van der Waals surface area contributed by atoms with Gasteiger partial charge in [-0.3, -0.25) is 0 Å². The number of hydrogen-bond donors (Lipinski definition) is 0. The molecule has 0 unspecified atom stereocenters. The Kier molecular flexibility index (Phi) is 4.13. The van der Waals surface area contributed by atoms with E-state index in [0.717, 1.165) is 33.3 Å². The van der Waals surface area contributed by atoms with E-state index in [-0.39, 0.29) is 5.82 Å². The maximum atomic E-state index is 13.1. The van der Waals surface area contributed by atoms with Crippen LogP contribution in [0.15, 0.2) is 41.8 Å². The lowest BCUT2D eigenvalue weighted by Gasteiger charge is -2.04. The predicted molar refractivity (Wildman–Crippen MR) is 91.1 cm³/mol. The number of aromatic nitrogens is 6. The van der Waals surface area contributed by atoms with E-state index < -0.39 is 0 Å². The van der Waals surface area contributed by atoms with Crippen LogP contribution < -0.4 is 0 Å². The van der Waals surface area contributed by atoms with Crippen LogP contribution in [0, 0.1) is 5.82 Å². The summed E-state index contributed by atoms with van der Waals surface area (Å²) in [6.07, 6.45) is 3.18. The van der Waals surface area contributed by atoms with Gasteiger partial charge in [-0.2, -0.15) is 5.10 Å². The van der Waals surface area contributed by atoms with Crippen molar-refractivity contribution in [3.8, 4) is 5.69 Å². The minimum absolute atomic E-state index is 0.296. The summed E-state index contributed by atoms with van der Waals surface area (Å²) in [6.45, 7) is 0. The molecule has 0 saturated heterocycles. The molecule has 0 radical (unpaired) electrons. The summed E-state index contributed by atoms with van der Waals surface area (Å²) in [7, 11) is 0. The highest BCUT2D eigenvalue weighted by Gasteiger charge is 2.13. The molecule has 0 bridgehead atoms. The molecule has 4 aromatic rings. The van der Waals surface area contributed by atoms with Crippen LogP contribution in [0.3, 0.4) is 0 Å². The van der Waals surface area contributed by atoms with Gasteiger partial charge >= 0.3 is 0 Å². The van der Waals surface area contributed by atoms with Crippen LogP contribution in [0.2, 0.25) is 4.34 Å². The number of halogens is 2. The van der Waals surface area contributed by atoms with E-state index in [2.05, 4.69) is 24.7 Å². The maximum Gasteiger partial charge on any atom is 0.167 e. The Morgan fingerprint density at radius 3 is 2.79 bits per heavy atom. The quantitative estimate of drug-likeness (QED) is 0.398. The molecule has 0 aliphatic rings. The van der Waals surface area contributed by atoms with Crippen molar-refractivity contribution in [2.45, 2.75) is 10.8 Å². The lowest BCUT2D eigenvalue weighted by Crippen LogP contribution is -1.98. The van der Waals surface area contributed by atoms with Gasteiger partial charge in [-0.1, -0.05) is 27.9 Å². The summed E-state index contributed by atoms with van der Waals surface area (Å²) in [4.78, 5) is 8.60. The van der Waals surface area contributed by atoms with Crippen molar-refractivity contribution in [1.29, 1.82) is 0 Å². The average Bonchev–Trinajstić information content (AvgIpc) is 3.20. The van der Waals surface area contributed by atoms with Crippen LogP contribution in [0.1, 0.15) is 5.69 Å². The first-order chi connectivity index (χ1) is 11.7. The standard InChI is InChI=1S/C14H8ClFN6S2/c15-12-11(20-21-24-12)6-23-14-10-5-19-22(13(10)17-7-18-14)9-3-1-8(16)2-4-9/h1-5,7H,6H2. The molecule has 10 heteroatoms. The van der Waals surface area contributed by atoms with Crippen molar-refractivity contribution < 1.29 is 4.39 Å². The number of nitrogens with zero attached hydrogens (tertiary/aromatic N) is 6. The third-order valence-corrected chi connectivity index (χ3v) is 5.26. The van der Waals surface area contributed by atoms with Crippen molar-refractivity contribution in [1.82, 2.24) is 29.3 Å². The molecule has 0 spiro atoms. The third kappa shape index (κ3) is 2.85. The van der Waals surface area contributed by atoms with Gasteiger partial charge in [0.2, 0.25) is 0 Å². The summed E-state index contributed by atoms with van der Waals surface area (Å²) in [5.74, 6) is 0.262. The summed E-state index contributed by atoms with van der Waals surface area (Å²) in [6, 6.07) is 6.07. The van der Waals surface area contributed by atoms with Crippen LogP contribution in [0.4, 0.5) is 4.39 Å². The smallest absolute Gasteiger partial charge is 0.167 e. The lowest BCUT2D eigenvalue weighted by molar-refractivity contribution is 0.627. The molecule has 120 valence electrons. The average molecular weight is 379 g/mol. The molecular formula is C14H8ClFN6S2. The topological polar surface area (TPSA) is 69.4 Å².